The van der Waals surface area contributed by atoms with E-state index >= 15 is 0 Å². The van der Waals surface area contributed by atoms with Gasteiger partial charge in [0.2, 0.25) is 0 Å². The standard InChI is InChI=1S/2C4H9N3O7P2.2H2O.Tc/c2*8-4(15(9,10)11,16(12,13)14)1-7-3-5-2-6-7;;;/h2*2-3,8H,1H2,(H2,9,10,11)(H2,12,13,14);2*1H2;/p-2/i;;;;1+1. The molecule has 0 aliphatic heterocycles. The summed E-state index contributed by atoms with van der Waals surface area (Å²) in [7, 11) is -21.8. The van der Waals surface area contributed by atoms with E-state index in [-0.39, 0.29) is 31.1 Å². The van der Waals surface area contributed by atoms with Crippen LogP contribution in [0.3, 0.4) is 0 Å². The van der Waals surface area contributed by atoms with Gasteiger partial charge in [-0.25, -0.2) is 19.3 Å². The molecule has 2 aromatic rings. The maximum Gasteiger partial charge on any atom is 0.371 e. The summed E-state index contributed by atoms with van der Waals surface area (Å²) in [6.07, 6.45) is 3.88. The van der Waals surface area contributed by atoms with Crippen LogP contribution in [-0.4, -0.2) is 100 Å². The summed E-state index contributed by atoms with van der Waals surface area (Å²) >= 11 is 0. The molecule has 0 unspecified atom stereocenters. The SMILES string of the molecule is O=P(O)(O)C(O)(Cn1cncn1)P(=O)(O)O.O=P(O)(O)C(O)(Cn1cncn1)P(=O)(O)O.[99Tc].[OH-].[OH-]. The minimum absolute atomic E-state index is 0. The van der Waals surface area contributed by atoms with E-state index in [1.807, 2.05) is 0 Å². The number of nitrogens with zero attached hydrogens (tertiary/aromatic N) is 6. The maximum absolute atomic E-state index is 10.9. The molecule has 207 valence electrons. The van der Waals surface area contributed by atoms with Gasteiger partial charge >= 0.3 is 30.4 Å². The van der Waals surface area contributed by atoms with Crippen molar-refractivity contribution in [2.45, 2.75) is 23.3 Å². The van der Waals surface area contributed by atoms with Crippen LogP contribution in [0.25, 0.3) is 0 Å². The molecule has 0 bridgehead atoms. The number of hydrogen-bond donors (Lipinski definition) is 10. The Kier molecular flexibility index (Phi) is 14.7. The second kappa shape index (κ2) is 13.2. The molecule has 35 heavy (non-hydrogen) atoms. The monoisotopic (exact) mass is 679 g/mol. The van der Waals surface area contributed by atoms with Gasteiger partial charge in [0.25, 0.3) is 10.2 Å². The minimum Gasteiger partial charge on any atom is -0.870 e. The van der Waals surface area contributed by atoms with E-state index in [4.69, 9.17) is 39.1 Å². The maximum atomic E-state index is 10.9. The van der Waals surface area contributed by atoms with Gasteiger partial charge in [-0.15, -0.1) is 0 Å². The molecule has 0 saturated heterocycles. The van der Waals surface area contributed by atoms with Crippen LogP contribution in [0, 0.1) is 0 Å². The zero-order valence-electron chi connectivity index (χ0n) is 16.6. The second-order valence-electron chi connectivity index (χ2n) is 5.91. The summed E-state index contributed by atoms with van der Waals surface area (Å²) in [6, 6.07) is 0. The fraction of sp³-hybridized carbons (Fsp3) is 0.500. The molecule has 0 aromatic carbocycles. The summed E-state index contributed by atoms with van der Waals surface area (Å²) in [6.45, 7) is -2.14. The third kappa shape index (κ3) is 9.32. The van der Waals surface area contributed by atoms with E-state index in [2.05, 4.69) is 20.2 Å². The minimum atomic E-state index is -5.45. The molecule has 1 radical (unpaired) electrons. The number of aliphatic hydroxyl groups is 2. The molecule has 12 N–H and O–H groups in total. The van der Waals surface area contributed by atoms with Crippen LogP contribution in [0.15, 0.2) is 25.3 Å². The normalized spacial score (nSPS) is 12.9. The second-order valence-corrected chi connectivity index (χ2v) is 13.9. The van der Waals surface area contributed by atoms with Crippen LogP contribution in [0.2, 0.25) is 0 Å². The molecule has 0 fully saturated rings. The average Bonchev–Trinajstić information content (AvgIpc) is 3.25. The Morgan fingerprint density at radius 1 is 0.600 bits per heavy atom. The molecule has 0 atom stereocenters. The van der Waals surface area contributed by atoms with Gasteiger partial charge in [0, 0.05) is 20.1 Å². The van der Waals surface area contributed by atoms with Crippen molar-refractivity contribution in [3.63, 3.8) is 0 Å². The Morgan fingerprint density at radius 2 is 0.829 bits per heavy atom. The van der Waals surface area contributed by atoms with Gasteiger partial charge in [-0.05, 0) is 0 Å². The third-order valence-corrected chi connectivity index (χ3v) is 11.0. The van der Waals surface area contributed by atoms with Crippen molar-refractivity contribution >= 4 is 30.4 Å². The van der Waals surface area contributed by atoms with Gasteiger partial charge in [0.1, 0.15) is 25.3 Å². The summed E-state index contributed by atoms with van der Waals surface area (Å²) in [5.74, 6) is 0. The predicted molar refractivity (Wildman–Crippen MR) is 102 cm³/mol. The van der Waals surface area contributed by atoms with Crippen LogP contribution in [-0.2, 0) is 51.5 Å². The van der Waals surface area contributed by atoms with Crippen molar-refractivity contribution in [3.05, 3.63) is 25.3 Å². The molecule has 2 aromatic heterocycles. The van der Waals surface area contributed by atoms with Crippen molar-refractivity contribution < 1.29 is 98.7 Å². The van der Waals surface area contributed by atoms with E-state index in [0.29, 0.717) is 9.36 Å². The molecular weight excluding hydrogens is 659 g/mol. The molecule has 0 spiro atoms. The van der Waals surface area contributed by atoms with E-state index < -0.39 is 53.6 Å². The first kappa shape index (κ1) is 38.9. The molecule has 22 nitrogen and oxygen atoms in total. The number of rotatable bonds is 8. The van der Waals surface area contributed by atoms with E-state index in [1.54, 1.807) is 0 Å². The van der Waals surface area contributed by atoms with Crippen molar-refractivity contribution in [1.82, 2.24) is 29.5 Å². The van der Waals surface area contributed by atoms with E-state index in [9.17, 15) is 28.5 Å². The van der Waals surface area contributed by atoms with E-state index in [1.165, 1.54) is 0 Å². The fourth-order valence-corrected chi connectivity index (χ4v) is 5.80. The zero-order chi connectivity index (χ0) is 25.2. The van der Waals surface area contributed by atoms with Gasteiger partial charge in [-0.3, -0.25) is 18.3 Å². The largest absolute Gasteiger partial charge is 0.870 e. The first-order chi connectivity index (χ1) is 14.2. The van der Waals surface area contributed by atoms with Crippen molar-refractivity contribution in [2.75, 3.05) is 0 Å². The smallest absolute Gasteiger partial charge is 0.371 e. The molecule has 27 heteroatoms. The molecule has 0 aliphatic carbocycles. The first-order valence-electron chi connectivity index (χ1n) is 7.48. The molecule has 0 saturated carbocycles. The Bertz CT molecular complexity index is 943. The Labute approximate surface area is 207 Å². The summed E-state index contributed by atoms with van der Waals surface area (Å²) in [5.41, 5.74) is 0. The van der Waals surface area contributed by atoms with Crippen molar-refractivity contribution in [2.24, 2.45) is 0 Å². The Morgan fingerprint density at radius 3 is 0.971 bits per heavy atom. The third-order valence-electron chi connectivity index (χ3n) is 3.55. The molecule has 0 amide bonds. The first-order valence-corrected chi connectivity index (χ1v) is 13.9. The zero-order valence-corrected chi connectivity index (χ0v) is 22.0. The molecule has 2 heterocycles. The van der Waals surface area contributed by atoms with Gasteiger partial charge in [0.15, 0.2) is 0 Å². The number of aromatic nitrogens is 6. The molecule has 0 aliphatic rings. The van der Waals surface area contributed by atoms with Crippen LogP contribution >= 0.6 is 30.4 Å². The Balaban J connectivity index is -0.000000539. The van der Waals surface area contributed by atoms with Crippen LogP contribution in [0.4, 0.5) is 0 Å². The Hall–Kier alpha value is -0.631. The fourth-order valence-electron chi connectivity index (χ4n) is 1.77. The van der Waals surface area contributed by atoms with Crippen LogP contribution < -0.4 is 0 Å². The van der Waals surface area contributed by atoms with Gasteiger partial charge in [-0.1, -0.05) is 0 Å². The van der Waals surface area contributed by atoms with Gasteiger partial charge < -0.3 is 60.3 Å². The van der Waals surface area contributed by atoms with Crippen molar-refractivity contribution in [3.8, 4) is 0 Å². The van der Waals surface area contributed by atoms with Crippen LogP contribution in [0.5, 0.6) is 0 Å². The predicted octanol–water partition coefficient (Wildman–Crippen LogP) is -3.80. The van der Waals surface area contributed by atoms with Crippen LogP contribution in [0.1, 0.15) is 0 Å². The topological polar surface area (TPSA) is 392 Å². The number of hydrogen-bond acceptors (Lipinski definition) is 12. The van der Waals surface area contributed by atoms with Crippen molar-refractivity contribution in [1.29, 1.82) is 0 Å². The van der Waals surface area contributed by atoms with Gasteiger partial charge in [0.05, 0.1) is 13.1 Å². The quantitative estimate of drug-likeness (QED) is 0.120. The summed E-state index contributed by atoms with van der Waals surface area (Å²) in [5, 5.41) is 18.6. The summed E-state index contributed by atoms with van der Waals surface area (Å²) in [4.78, 5) is 77.0. The van der Waals surface area contributed by atoms with E-state index in [0.717, 1.165) is 25.3 Å². The average molecular weight is 679 g/mol. The molecular formula is C8H20N6O16P4Tc-2. The summed E-state index contributed by atoms with van der Waals surface area (Å²) < 4.78 is 45.1. The molecule has 2 rings (SSSR count). The van der Waals surface area contributed by atoms with Gasteiger partial charge in [-0.2, -0.15) is 10.2 Å².